The Bertz CT molecular complexity index is 193. The lowest BCUT2D eigenvalue weighted by molar-refractivity contribution is -0.122. The molecule has 0 bridgehead atoms. The summed E-state index contributed by atoms with van der Waals surface area (Å²) in [6.07, 6.45) is 7.38. The molecule has 0 aromatic carbocycles. The second kappa shape index (κ2) is 6.54. The molecule has 74 valence electrons. The van der Waals surface area contributed by atoms with Crippen molar-refractivity contribution < 1.29 is 4.79 Å². The molecule has 1 N–H and O–H groups in total. The Hall–Kier alpha value is -0.970. The van der Waals surface area contributed by atoms with E-state index in [0.29, 0.717) is 18.8 Å². The molecule has 2 heteroatoms. The van der Waals surface area contributed by atoms with Gasteiger partial charge in [-0.25, -0.2) is 0 Å². The number of hydrogen-bond donors (Lipinski definition) is 1. The van der Waals surface area contributed by atoms with Crippen molar-refractivity contribution in [1.29, 1.82) is 0 Å². The van der Waals surface area contributed by atoms with E-state index in [1.165, 1.54) is 0 Å². The van der Waals surface area contributed by atoms with Crippen molar-refractivity contribution >= 4 is 5.91 Å². The van der Waals surface area contributed by atoms with Crippen LogP contribution in [0.25, 0.3) is 0 Å². The number of terminal acetylenes is 1. The number of hydrogen-bond acceptors (Lipinski definition) is 1. The summed E-state index contributed by atoms with van der Waals surface area (Å²) in [5, 5.41) is 2.86. The molecule has 0 saturated heterocycles. The fourth-order valence-electron chi connectivity index (χ4n) is 1.02. The van der Waals surface area contributed by atoms with E-state index in [1.54, 1.807) is 0 Å². The third-order valence-electron chi connectivity index (χ3n) is 2.06. The quantitative estimate of drug-likeness (QED) is 0.645. The van der Waals surface area contributed by atoms with Gasteiger partial charge in [0.1, 0.15) is 0 Å². The highest BCUT2D eigenvalue weighted by Gasteiger charge is 2.09. The molecule has 0 aliphatic heterocycles. The Morgan fingerprint density at radius 1 is 1.54 bits per heavy atom. The summed E-state index contributed by atoms with van der Waals surface area (Å²) in [4.78, 5) is 11.3. The topological polar surface area (TPSA) is 29.1 Å². The van der Waals surface area contributed by atoms with Gasteiger partial charge in [-0.15, -0.1) is 12.3 Å². The van der Waals surface area contributed by atoms with E-state index in [0.717, 1.165) is 6.42 Å². The molecule has 0 rings (SSSR count). The monoisotopic (exact) mass is 181 g/mol. The van der Waals surface area contributed by atoms with Gasteiger partial charge in [0.25, 0.3) is 0 Å². The lowest BCUT2D eigenvalue weighted by atomic mass is 10.0. The predicted octanol–water partition coefficient (Wildman–Crippen LogP) is 1.95. The van der Waals surface area contributed by atoms with E-state index in [2.05, 4.69) is 25.1 Å². The minimum atomic E-state index is 0.0987. The Morgan fingerprint density at radius 3 is 2.62 bits per heavy atom. The summed E-state index contributed by atoms with van der Waals surface area (Å²) < 4.78 is 0. The third-order valence-corrected chi connectivity index (χ3v) is 2.06. The van der Waals surface area contributed by atoms with Crippen molar-refractivity contribution in [3.8, 4) is 12.3 Å². The summed E-state index contributed by atoms with van der Waals surface area (Å²) in [7, 11) is 0. The molecule has 0 aromatic rings. The van der Waals surface area contributed by atoms with Crippen LogP contribution in [0, 0.1) is 18.3 Å². The Labute approximate surface area is 81.1 Å². The zero-order chi connectivity index (χ0) is 10.3. The summed E-state index contributed by atoms with van der Waals surface area (Å²) in [5.41, 5.74) is 0. The zero-order valence-corrected chi connectivity index (χ0v) is 8.76. The first kappa shape index (κ1) is 12.0. The number of amides is 1. The van der Waals surface area contributed by atoms with E-state index in [9.17, 15) is 4.79 Å². The highest BCUT2D eigenvalue weighted by molar-refractivity contribution is 5.76. The van der Waals surface area contributed by atoms with Gasteiger partial charge < -0.3 is 5.32 Å². The van der Waals surface area contributed by atoms with Gasteiger partial charge in [0.15, 0.2) is 0 Å². The van der Waals surface area contributed by atoms with Crippen LogP contribution in [0.1, 0.15) is 40.0 Å². The van der Waals surface area contributed by atoms with Crippen LogP contribution in [0.15, 0.2) is 0 Å². The minimum absolute atomic E-state index is 0.0987. The van der Waals surface area contributed by atoms with E-state index in [-0.39, 0.29) is 11.9 Å². The van der Waals surface area contributed by atoms with Crippen LogP contribution in [-0.4, -0.2) is 11.9 Å². The second-order valence-electron chi connectivity index (χ2n) is 3.59. The second-order valence-corrected chi connectivity index (χ2v) is 3.59. The zero-order valence-electron chi connectivity index (χ0n) is 8.76. The van der Waals surface area contributed by atoms with Gasteiger partial charge in [-0.3, -0.25) is 4.79 Å². The van der Waals surface area contributed by atoms with Gasteiger partial charge in [-0.1, -0.05) is 20.3 Å². The highest BCUT2D eigenvalue weighted by Crippen LogP contribution is 2.05. The molecule has 0 spiro atoms. The molecule has 2 nitrogen and oxygen atoms in total. The molecular formula is C11H19NO. The maximum absolute atomic E-state index is 11.3. The van der Waals surface area contributed by atoms with Crippen LogP contribution in [0.4, 0.5) is 0 Å². The SMILES string of the molecule is C#CCC(C)NC(=O)CC(C)CC. The van der Waals surface area contributed by atoms with Gasteiger partial charge in [0.2, 0.25) is 5.91 Å². The van der Waals surface area contributed by atoms with Crippen LogP contribution in [0.2, 0.25) is 0 Å². The van der Waals surface area contributed by atoms with Crippen molar-refractivity contribution in [2.75, 3.05) is 0 Å². The molecule has 2 unspecified atom stereocenters. The number of nitrogens with one attached hydrogen (secondary N) is 1. The van der Waals surface area contributed by atoms with Gasteiger partial charge in [-0.2, -0.15) is 0 Å². The van der Waals surface area contributed by atoms with Crippen molar-refractivity contribution in [1.82, 2.24) is 5.32 Å². The van der Waals surface area contributed by atoms with E-state index in [1.807, 2.05) is 6.92 Å². The first-order valence-corrected chi connectivity index (χ1v) is 4.83. The fourth-order valence-corrected chi connectivity index (χ4v) is 1.02. The van der Waals surface area contributed by atoms with Gasteiger partial charge >= 0.3 is 0 Å². The molecule has 0 aliphatic carbocycles. The molecule has 0 radical (unpaired) electrons. The molecule has 1 amide bonds. The molecule has 13 heavy (non-hydrogen) atoms. The van der Waals surface area contributed by atoms with E-state index >= 15 is 0 Å². The van der Waals surface area contributed by atoms with Crippen LogP contribution in [0.5, 0.6) is 0 Å². The largest absolute Gasteiger partial charge is 0.353 e. The average Bonchev–Trinajstić information content (AvgIpc) is 2.04. The van der Waals surface area contributed by atoms with Gasteiger partial charge in [0.05, 0.1) is 0 Å². The smallest absolute Gasteiger partial charge is 0.220 e. The number of carbonyl (C=O) groups excluding carboxylic acids is 1. The summed E-state index contributed by atoms with van der Waals surface area (Å²) in [5.74, 6) is 3.09. The number of carbonyl (C=O) groups is 1. The standard InChI is InChI=1S/C11H19NO/c1-5-7-10(4)12-11(13)8-9(3)6-2/h1,9-10H,6-8H2,2-4H3,(H,12,13). The van der Waals surface area contributed by atoms with Crippen LogP contribution in [0.3, 0.4) is 0 Å². The lowest BCUT2D eigenvalue weighted by Gasteiger charge is -2.13. The van der Waals surface area contributed by atoms with Crippen LogP contribution >= 0.6 is 0 Å². The number of rotatable bonds is 5. The Kier molecular flexibility index (Phi) is 6.05. The van der Waals surface area contributed by atoms with Crippen LogP contribution in [-0.2, 0) is 4.79 Å². The van der Waals surface area contributed by atoms with Crippen molar-refractivity contribution in [3.05, 3.63) is 0 Å². The van der Waals surface area contributed by atoms with E-state index < -0.39 is 0 Å². The third kappa shape index (κ3) is 6.21. The fraction of sp³-hybridized carbons (Fsp3) is 0.727. The average molecular weight is 181 g/mol. The van der Waals surface area contributed by atoms with Crippen LogP contribution < -0.4 is 5.32 Å². The maximum atomic E-state index is 11.3. The molecule has 0 aromatic heterocycles. The maximum Gasteiger partial charge on any atom is 0.220 e. The molecule has 0 aliphatic rings. The summed E-state index contributed by atoms with van der Waals surface area (Å²) in [6.45, 7) is 6.09. The first-order chi connectivity index (χ1) is 6.10. The Morgan fingerprint density at radius 2 is 2.15 bits per heavy atom. The normalized spacial score (nSPS) is 14.3. The predicted molar refractivity (Wildman–Crippen MR) is 55.1 cm³/mol. The van der Waals surface area contributed by atoms with E-state index in [4.69, 9.17) is 6.42 Å². The van der Waals surface area contributed by atoms with Crippen molar-refractivity contribution in [3.63, 3.8) is 0 Å². The molecular weight excluding hydrogens is 162 g/mol. The first-order valence-electron chi connectivity index (χ1n) is 4.83. The molecule has 0 fully saturated rings. The molecule has 2 atom stereocenters. The lowest BCUT2D eigenvalue weighted by Crippen LogP contribution is -2.33. The van der Waals surface area contributed by atoms with Gasteiger partial charge in [-0.05, 0) is 12.8 Å². The molecule has 0 saturated carbocycles. The Balaban J connectivity index is 3.68. The van der Waals surface area contributed by atoms with Crippen molar-refractivity contribution in [2.24, 2.45) is 5.92 Å². The minimum Gasteiger partial charge on any atom is -0.353 e. The van der Waals surface area contributed by atoms with Crippen molar-refractivity contribution in [2.45, 2.75) is 46.1 Å². The summed E-state index contributed by atoms with van der Waals surface area (Å²) >= 11 is 0. The molecule has 0 heterocycles. The van der Waals surface area contributed by atoms with Gasteiger partial charge in [0, 0.05) is 18.9 Å². The highest BCUT2D eigenvalue weighted by atomic mass is 16.1. The summed E-state index contributed by atoms with van der Waals surface area (Å²) in [6, 6.07) is 0.0987.